The van der Waals surface area contributed by atoms with Gasteiger partial charge in [0.25, 0.3) is 0 Å². The minimum atomic E-state index is -1.75. The van der Waals surface area contributed by atoms with Gasteiger partial charge in [0, 0.05) is 5.56 Å². The van der Waals surface area contributed by atoms with Crippen LogP contribution in [0, 0.1) is 5.82 Å². The Morgan fingerprint density at radius 3 is 2.19 bits per heavy atom. The molecular weight excluding hydrogens is 479 g/mol. The van der Waals surface area contributed by atoms with Crippen LogP contribution in [0.15, 0.2) is 78.9 Å². The summed E-state index contributed by atoms with van der Waals surface area (Å²) < 4.78 is 20.3. The molecule has 1 N–H and O–H groups in total. The van der Waals surface area contributed by atoms with Crippen LogP contribution in [0.4, 0.5) is 4.39 Å². The van der Waals surface area contributed by atoms with Crippen molar-refractivity contribution in [2.75, 3.05) is 13.2 Å². The molecule has 37 heavy (non-hydrogen) atoms. The van der Waals surface area contributed by atoms with Gasteiger partial charge >= 0.3 is 5.97 Å². The molecule has 0 unspecified atom stereocenters. The lowest BCUT2D eigenvalue weighted by Gasteiger charge is -2.23. The second-order valence-electron chi connectivity index (χ2n) is 10.3. The van der Waals surface area contributed by atoms with E-state index in [0.29, 0.717) is 12.2 Å². The van der Waals surface area contributed by atoms with Gasteiger partial charge in [-0.2, -0.15) is 0 Å². The molecule has 0 aliphatic heterocycles. The van der Waals surface area contributed by atoms with Crippen molar-refractivity contribution in [2.24, 2.45) is 0 Å². The van der Waals surface area contributed by atoms with E-state index in [9.17, 15) is 4.79 Å². The molecule has 0 heterocycles. The molecule has 0 aliphatic carbocycles. The van der Waals surface area contributed by atoms with Crippen molar-refractivity contribution in [3.8, 4) is 22.3 Å². The van der Waals surface area contributed by atoms with Gasteiger partial charge in [0.15, 0.2) is 0 Å². The zero-order valence-electron chi connectivity index (χ0n) is 22.4. The number of aryl methyl sites for hydroxylation is 1. The fourth-order valence-electron chi connectivity index (χ4n) is 4.46. The van der Waals surface area contributed by atoms with E-state index in [-0.39, 0.29) is 18.0 Å². The van der Waals surface area contributed by atoms with Crippen molar-refractivity contribution in [3.05, 3.63) is 90.3 Å². The molecule has 0 atom stereocenters. The topological polar surface area (TPSA) is 46.5 Å². The molecule has 0 amide bonds. The van der Waals surface area contributed by atoms with E-state index >= 15 is 4.39 Å². The third-order valence-electron chi connectivity index (χ3n) is 6.96. The van der Waals surface area contributed by atoms with Crippen molar-refractivity contribution in [1.82, 2.24) is 0 Å². The van der Waals surface area contributed by atoms with Crippen molar-refractivity contribution in [3.63, 3.8) is 0 Å². The molecular formula is C32H39FO3Si. The summed E-state index contributed by atoms with van der Waals surface area (Å²) in [6, 6.07) is 23.1. The van der Waals surface area contributed by atoms with Crippen LogP contribution in [-0.4, -0.2) is 32.4 Å². The van der Waals surface area contributed by atoms with Crippen LogP contribution in [0.3, 0.4) is 0 Å². The number of benzene rings is 3. The first-order chi connectivity index (χ1) is 17.7. The van der Waals surface area contributed by atoms with Crippen LogP contribution in [0.25, 0.3) is 22.3 Å². The maximum atomic E-state index is 15.1. The van der Waals surface area contributed by atoms with Gasteiger partial charge in [-0.15, -0.1) is 0 Å². The molecule has 0 saturated carbocycles. The molecule has 3 aromatic carbocycles. The largest absolute Gasteiger partial charge is 0.462 e. The Bertz CT molecular complexity index is 1180. The van der Waals surface area contributed by atoms with Crippen LogP contribution >= 0.6 is 0 Å². The Morgan fingerprint density at radius 1 is 0.919 bits per heavy atom. The first-order valence-electron chi connectivity index (χ1n) is 13.2. The number of aliphatic hydroxyl groups excluding tert-OH is 1. The minimum Gasteiger partial charge on any atom is -0.462 e. The van der Waals surface area contributed by atoms with Crippen molar-refractivity contribution in [1.29, 1.82) is 0 Å². The molecule has 0 saturated heterocycles. The molecule has 0 aliphatic rings. The fourth-order valence-corrected chi connectivity index (χ4v) is 6.85. The van der Waals surface area contributed by atoms with Crippen LogP contribution in [0.1, 0.15) is 38.2 Å². The number of hydrogen-bond acceptors (Lipinski definition) is 3. The zero-order chi connectivity index (χ0) is 26.8. The molecule has 3 rings (SSSR count). The second-order valence-corrected chi connectivity index (χ2v) is 15.2. The summed E-state index contributed by atoms with van der Waals surface area (Å²) in [6.07, 6.45) is 5.51. The summed E-state index contributed by atoms with van der Waals surface area (Å²) in [6.45, 7) is 10.2. The average molecular weight is 519 g/mol. The lowest BCUT2D eigenvalue weighted by Crippen LogP contribution is -2.41. The van der Waals surface area contributed by atoms with Crippen molar-refractivity contribution >= 4 is 19.2 Å². The fraction of sp³-hybridized carbons (Fsp3) is 0.344. The van der Waals surface area contributed by atoms with Crippen molar-refractivity contribution in [2.45, 2.75) is 58.2 Å². The van der Waals surface area contributed by atoms with E-state index in [1.165, 1.54) is 30.0 Å². The molecule has 3 nitrogen and oxygen atoms in total. The quantitative estimate of drug-likeness (QED) is 0.112. The van der Waals surface area contributed by atoms with Gasteiger partial charge in [0.1, 0.15) is 5.82 Å². The number of ether oxygens (including phenoxy) is 1. The summed E-state index contributed by atoms with van der Waals surface area (Å²) in [5.74, 6) is -0.765. The van der Waals surface area contributed by atoms with Crippen LogP contribution in [-0.2, 0) is 16.0 Å². The standard InChI is InChI=1S/C32H39FO3Si/c1-5-6-7-9-25-10-12-26(13-11-25)28-16-19-30(31(33)22-28)27-14-17-29(18-15-27)37(3,4)21-8-20-36-32(35)24(2)23-34/h10-19,22,34H,2,5-9,20-21,23H2,1,3-4H3. The predicted octanol–water partition coefficient (Wildman–Crippen LogP) is 7.29. The summed E-state index contributed by atoms with van der Waals surface area (Å²) in [7, 11) is -1.75. The summed E-state index contributed by atoms with van der Waals surface area (Å²) in [4.78, 5) is 11.6. The summed E-state index contributed by atoms with van der Waals surface area (Å²) in [5, 5.41) is 10.2. The second kappa shape index (κ2) is 13.5. The molecule has 0 aromatic heterocycles. The number of unbranched alkanes of at least 4 members (excludes halogenated alkanes) is 2. The molecule has 3 aromatic rings. The number of esters is 1. The van der Waals surface area contributed by atoms with Crippen LogP contribution in [0.2, 0.25) is 19.1 Å². The summed E-state index contributed by atoms with van der Waals surface area (Å²) >= 11 is 0. The lowest BCUT2D eigenvalue weighted by molar-refractivity contribution is -0.139. The van der Waals surface area contributed by atoms with E-state index in [0.717, 1.165) is 35.6 Å². The third kappa shape index (κ3) is 7.98. The van der Waals surface area contributed by atoms with Gasteiger partial charge in [0.05, 0.1) is 26.9 Å². The molecule has 0 bridgehead atoms. The highest BCUT2D eigenvalue weighted by molar-refractivity contribution is 6.89. The Hall–Kier alpha value is -3.02. The van der Waals surface area contributed by atoms with E-state index in [1.54, 1.807) is 6.07 Å². The monoisotopic (exact) mass is 518 g/mol. The summed E-state index contributed by atoms with van der Waals surface area (Å²) in [5.41, 5.74) is 4.77. The highest BCUT2D eigenvalue weighted by Crippen LogP contribution is 2.28. The Morgan fingerprint density at radius 2 is 1.57 bits per heavy atom. The third-order valence-corrected chi connectivity index (χ3v) is 10.5. The Balaban J connectivity index is 1.62. The van der Waals surface area contributed by atoms with Gasteiger partial charge in [-0.25, -0.2) is 9.18 Å². The number of hydrogen-bond donors (Lipinski definition) is 1. The smallest absolute Gasteiger partial charge is 0.335 e. The molecule has 0 radical (unpaired) electrons. The number of carbonyl (C=O) groups excluding carboxylic acids is 1. The van der Waals surface area contributed by atoms with E-state index in [4.69, 9.17) is 9.84 Å². The highest BCUT2D eigenvalue weighted by Gasteiger charge is 2.23. The van der Waals surface area contributed by atoms with E-state index < -0.39 is 14.0 Å². The molecule has 5 heteroatoms. The van der Waals surface area contributed by atoms with Gasteiger partial charge in [-0.1, -0.05) is 111 Å². The van der Waals surface area contributed by atoms with Crippen LogP contribution in [0.5, 0.6) is 0 Å². The lowest BCUT2D eigenvalue weighted by atomic mass is 9.98. The first kappa shape index (κ1) is 28.5. The van der Waals surface area contributed by atoms with E-state index in [1.807, 2.05) is 24.3 Å². The Kier molecular flexibility index (Phi) is 10.4. The van der Waals surface area contributed by atoms with Crippen LogP contribution < -0.4 is 5.19 Å². The van der Waals surface area contributed by atoms with Gasteiger partial charge < -0.3 is 9.84 Å². The van der Waals surface area contributed by atoms with E-state index in [2.05, 4.69) is 63.0 Å². The maximum absolute atomic E-state index is 15.1. The maximum Gasteiger partial charge on any atom is 0.335 e. The van der Waals surface area contributed by atoms with Gasteiger partial charge in [0.2, 0.25) is 0 Å². The van der Waals surface area contributed by atoms with Gasteiger partial charge in [-0.05, 0) is 47.6 Å². The molecule has 196 valence electrons. The molecule has 0 fully saturated rings. The SMILES string of the molecule is C=C(CO)C(=O)OCCC[Si](C)(C)c1ccc(-c2ccc(-c3ccc(CCCCC)cc3)cc2F)cc1. The average Bonchev–Trinajstić information content (AvgIpc) is 2.91. The number of halogens is 1. The highest BCUT2D eigenvalue weighted by atomic mass is 28.3. The zero-order valence-corrected chi connectivity index (χ0v) is 23.4. The number of rotatable bonds is 13. The van der Waals surface area contributed by atoms with Crippen molar-refractivity contribution < 1.29 is 19.0 Å². The minimum absolute atomic E-state index is 0.0723. The van der Waals surface area contributed by atoms with Gasteiger partial charge in [-0.3, -0.25) is 0 Å². The first-order valence-corrected chi connectivity index (χ1v) is 16.4. The molecule has 0 spiro atoms. The number of aliphatic hydroxyl groups is 1. The normalized spacial score (nSPS) is 11.4. The predicted molar refractivity (Wildman–Crippen MR) is 154 cm³/mol. The Labute approximate surface area is 222 Å². The number of carbonyl (C=O) groups is 1.